The van der Waals surface area contributed by atoms with E-state index in [9.17, 15) is 9.59 Å². The molecular formula is C21H25N3O3. The zero-order valence-corrected chi connectivity index (χ0v) is 15.8. The number of benzene rings is 2. The molecule has 1 aliphatic rings. The molecule has 142 valence electrons. The fourth-order valence-electron chi connectivity index (χ4n) is 3.08. The maximum atomic E-state index is 12.9. The van der Waals surface area contributed by atoms with Crippen molar-refractivity contribution in [1.82, 2.24) is 9.80 Å². The van der Waals surface area contributed by atoms with Crippen LogP contribution in [0.25, 0.3) is 0 Å². The van der Waals surface area contributed by atoms with Crippen LogP contribution in [0.1, 0.15) is 27.6 Å². The van der Waals surface area contributed by atoms with Crippen molar-refractivity contribution in [2.45, 2.75) is 6.92 Å². The van der Waals surface area contributed by atoms with E-state index in [-0.39, 0.29) is 11.8 Å². The molecule has 6 nitrogen and oxygen atoms in total. The Labute approximate surface area is 159 Å². The Balaban J connectivity index is 1.80. The van der Waals surface area contributed by atoms with Crippen LogP contribution in [0.5, 0.6) is 5.75 Å². The van der Waals surface area contributed by atoms with E-state index in [0.717, 1.165) is 13.1 Å². The third kappa shape index (κ3) is 4.46. The average Bonchev–Trinajstić information content (AvgIpc) is 2.69. The van der Waals surface area contributed by atoms with E-state index in [1.165, 1.54) is 0 Å². The van der Waals surface area contributed by atoms with Crippen LogP contribution < -0.4 is 10.1 Å². The van der Waals surface area contributed by atoms with Crippen molar-refractivity contribution < 1.29 is 14.3 Å². The van der Waals surface area contributed by atoms with Crippen LogP contribution >= 0.6 is 0 Å². The topological polar surface area (TPSA) is 61.9 Å². The number of anilines is 1. The summed E-state index contributed by atoms with van der Waals surface area (Å²) < 4.78 is 5.54. The van der Waals surface area contributed by atoms with Crippen molar-refractivity contribution in [1.29, 1.82) is 0 Å². The van der Waals surface area contributed by atoms with Gasteiger partial charge < -0.3 is 19.9 Å². The van der Waals surface area contributed by atoms with Gasteiger partial charge in [0.15, 0.2) is 0 Å². The minimum Gasteiger partial charge on any atom is -0.493 e. The highest BCUT2D eigenvalue weighted by molar-refractivity contribution is 6.10. The lowest BCUT2D eigenvalue weighted by Gasteiger charge is -2.32. The van der Waals surface area contributed by atoms with Crippen LogP contribution in [0.2, 0.25) is 0 Å². The number of carbonyl (C=O) groups is 2. The molecule has 0 bridgehead atoms. The molecule has 0 aromatic heterocycles. The number of amides is 2. The van der Waals surface area contributed by atoms with Crippen molar-refractivity contribution in [3.05, 3.63) is 59.7 Å². The molecule has 6 heteroatoms. The summed E-state index contributed by atoms with van der Waals surface area (Å²) in [4.78, 5) is 29.8. The number of nitrogens with one attached hydrogen (secondary N) is 1. The summed E-state index contributed by atoms with van der Waals surface area (Å²) in [6.07, 6.45) is 0. The number of piperazine rings is 1. The lowest BCUT2D eigenvalue weighted by atomic mass is 10.1. The summed E-state index contributed by atoms with van der Waals surface area (Å²) in [7, 11) is 2.05. The van der Waals surface area contributed by atoms with Gasteiger partial charge in [0.1, 0.15) is 5.75 Å². The third-order valence-corrected chi connectivity index (χ3v) is 4.63. The van der Waals surface area contributed by atoms with Crippen LogP contribution in [0.3, 0.4) is 0 Å². The lowest BCUT2D eigenvalue weighted by molar-refractivity contribution is 0.0665. The van der Waals surface area contributed by atoms with Crippen LogP contribution in [0.15, 0.2) is 48.5 Å². The fourth-order valence-corrected chi connectivity index (χ4v) is 3.08. The summed E-state index contributed by atoms with van der Waals surface area (Å²) in [6, 6.07) is 14.2. The van der Waals surface area contributed by atoms with Gasteiger partial charge in [-0.25, -0.2) is 0 Å². The Morgan fingerprint density at radius 2 is 1.59 bits per heavy atom. The van der Waals surface area contributed by atoms with E-state index in [1.54, 1.807) is 30.3 Å². The first-order valence-electron chi connectivity index (χ1n) is 9.20. The maximum absolute atomic E-state index is 12.9. The molecule has 0 spiro atoms. The van der Waals surface area contributed by atoms with Crippen molar-refractivity contribution in [2.24, 2.45) is 0 Å². The summed E-state index contributed by atoms with van der Waals surface area (Å²) in [5, 5.41) is 2.88. The largest absolute Gasteiger partial charge is 0.493 e. The second kappa shape index (κ2) is 8.68. The molecule has 0 saturated carbocycles. The highest BCUT2D eigenvalue weighted by Gasteiger charge is 2.23. The number of hydrogen-bond acceptors (Lipinski definition) is 4. The van der Waals surface area contributed by atoms with E-state index in [4.69, 9.17) is 4.74 Å². The van der Waals surface area contributed by atoms with Crippen molar-refractivity contribution in [3.8, 4) is 5.75 Å². The minimum absolute atomic E-state index is 0.0582. The summed E-state index contributed by atoms with van der Waals surface area (Å²) in [6.45, 7) is 5.42. The molecule has 2 aromatic rings. The molecule has 1 aliphatic heterocycles. The van der Waals surface area contributed by atoms with Crippen LogP contribution in [0.4, 0.5) is 5.69 Å². The van der Waals surface area contributed by atoms with E-state index >= 15 is 0 Å². The molecular weight excluding hydrogens is 342 g/mol. The maximum Gasteiger partial charge on any atom is 0.259 e. The highest BCUT2D eigenvalue weighted by Crippen LogP contribution is 2.22. The Hall–Kier alpha value is -2.86. The SMILES string of the molecule is CCOc1ccccc1C(=O)Nc1ccccc1C(=O)N1CCN(C)CC1. The van der Waals surface area contributed by atoms with Crippen molar-refractivity contribution in [2.75, 3.05) is 45.2 Å². The van der Waals surface area contributed by atoms with E-state index in [1.807, 2.05) is 37.1 Å². The number of nitrogens with zero attached hydrogens (tertiary/aromatic N) is 2. The standard InChI is InChI=1S/C21H25N3O3/c1-3-27-19-11-7-5-9-17(19)20(25)22-18-10-6-4-8-16(18)21(26)24-14-12-23(2)13-15-24/h4-11H,3,12-15H2,1-2H3,(H,22,25). The molecule has 1 fully saturated rings. The van der Waals surface area contributed by atoms with Gasteiger partial charge in [-0.2, -0.15) is 0 Å². The number of likely N-dealkylation sites (N-methyl/N-ethyl adjacent to an activating group) is 1. The van der Waals surface area contributed by atoms with Gasteiger partial charge in [-0.15, -0.1) is 0 Å². The van der Waals surface area contributed by atoms with Gasteiger partial charge in [0.25, 0.3) is 11.8 Å². The Bertz CT molecular complexity index is 814. The van der Waals surface area contributed by atoms with Gasteiger partial charge in [0.05, 0.1) is 23.4 Å². The number of para-hydroxylation sites is 2. The van der Waals surface area contributed by atoms with Crippen molar-refractivity contribution >= 4 is 17.5 Å². The number of hydrogen-bond donors (Lipinski definition) is 1. The van der Waals surface area contributed by atoms with E-state index < -0.39 is 0 Å². The summed E-state index contributed by atoms with van der Waals surface area (Å²) in [5.41, 5.74) is 1.46. The van der Waals surface area contributed by atoms with E-state index in [2.05, 4.69) is 10.2 Å². The molecule has 0 aliphatic carbocycles. The molecule has 1 N–H and O–H groups in total. The normalized spacial score (nSPS) is 14.7. The number of carbonyl (C=O) groups excluding carboxylic acids is 2. The van der Waals surface area contributed by atoms with Crippen molar-refractivity contribution in [3.63, 3.8) is 0 Å². The molecule has 0 radical (unpaired) electrons. The number of rotatable bonds is 5. The average molecular weight is 367 g/mol. The molecule has 1 heterocycles. The smallest absolute Gasteiger partial charge is 0.259 e. The first kappa shape index (κ1) is 18.9. The molecule has 2 amide bonds. The van der Waals surface area contributed by atoms with Crippen LogP contribution in [-0.4, -0.2) is 61.4 Å². The number of ether oxygens (including phenoxy) is 1. The minimum atomic E-state index is -0.294. The Morgan fingerprint density at radius 1 is 0.963 bits per heavy atom. The second-order valence-electron chi connectivity index (χ2n) is 6.52. The molecule has 0 unspecified atom stereocenters. The van der Waals surface area contributed by atoms with Gasteiger partial charge in [-0.05, 0) is 38.2 Å². The van der Waals surface area contributed by atoms with Crippen LogP contribution in [-0.2, 0) is 0 Å². The summed E-state index contributed by atoms with van der Waals surface area (Å²) in [5.74, 6) is 0.176. The Morgan fingerprint density at radius 3 is 2.30 bits per heavy atom. The second-order valence-corrected chi connectivity index (χ2v) is 6.52. The van der Waals surface area contributed by atoms with Gasteiger partial charge in [-0.3, -0.25) is 9.59 Å². The van der Waals surface area contributed by atoms with Gasteiger partial charge >= 0.3 is 0 Å². The monoisotopic (exact) mass is 367 g/mol. The molecule has 0 atom stereocenters. The Kier molecular flexibility index (Phi) is 6.08. The fraction of sp³-hybridized carbons (Fsp3) is 0.333. The lowest BCUT2D eigenvalue weighted by Crippen LogP contribution is -2.47. The summed E-state index contributed by atoms with van der Waals surface area (Å²) >= 11 is 0. The molecule has 27 heavy (non-hydrogen) atoms. The first-order chi connectivity index (χ1) is 13.1. The zero-order chi connectivity index (χ0) is 19.2. The molecule has 2 aromatic carbocycles. The molecule has 1 saturated heterocycles. The van der Waals surface area contributed by atoms with Gasteiger partial charge in [0.2, 0.25) is 0 Å². The third-order valence-electron chi connectivity index (χ3n) is 4.63. The molecule has 3 rings (SSSR count). The quantitative estimate of drug-likeness (QED) is 0.883. The first-order valence-corrected chi connectivity index (χ1v) is 9.20. The zero-order valence-electron chi connectivity index (χ0n) is 15.8. The predicted molar refractivity (Wildman–Crippen MR) is 105 cm³/mol. The van der Waals surface area contributed by atoms with E-state index in [0.29, 0.717) is 42.3 Å². The van der Waals surface area contributed by atoms with Gasteiger partial charge in [-0.1, -0.05) is 24.3 Å². The predicted octanol–water partition coefficient (Wildman–Crippen LogP) is 2.73. The van der Waals surface area contributed by atoms with Gasteiger partial charge in [0, 0.05) is 26.2 Å². The van der Waals surface area contributed by atoms with Crippen LogP contribution in [0, 0.1) is 0 Å². The highest BCUT2D eigenvalue weighted by atomic mass is 16.5.